The normalized spacial score (nSPS) is 11.3. The molecule has 5 aromatic rings. The highest BCUT2D eigenvalue weighted by molar-refractivity contribution is 6.09. The van der Waals surface area contributed by atoms with Crippen LogP contribution in [0.4, 0.5) is 4.39 Å². The standard InChI is InChI=1S/C28H23FNO/c1-4-7-21-16-19(11-13-24(21)29)20-14-15-30(3)25(17-20)27-18(2)10-12-23-22-8-5-6-9-26(22)31-28(23)27/h4-6,8-17H,1,7H2,2-3H3/q+1. The Morgan fingerprint density at radius 3 is 2.61 bits per heavy atom. The van der Waals surface area contributed by atoms with Crippen LogP contribution in [-0.4, -0.2) is 0 Å². The molecule has 0 aliphatic carbocycles. The third kappa shape index (κ3) is 3.23. The van der Waals surface area contributed by atoms with Gasteiger partial charge in [-0.3, -0.25) is 0 Å². The molecule has 2 aromatic heterocycles. The topological polar surface area (TPSA) is 17.0 Å². The van der Waals surface area contributed by atoms with Gasteiger partial charge in [0, 0.05) is 22.9 Å². The number of aryl methyl sites for hydroxylation is 2. The third-order valence-corrected chi connectivity index (χ3v) is 5.90. The molecule has 5 rings (SSSR count). The monoisotopic (exact) mass is 408 g/mol. The lowest BCUT2D eigenvalue weighted by molar-refractivity contribution is -0.660. The summed E-state index contributed by atoms with van der Waals surface area (Å²) >= 11 is 0. The summed E-state index contributed by atoms with van der Waals surface area (Å²) in [4.78, 5) is 0. The van der Waals surface area contributed by atoms with Crippen LogP contribution in [-0.2, 0) is 13.5 Å². The molecule has 152 valence electrons. The third-order valence-electron chi connectivity index (χ3n) is 5.90. The van der Waals surface area contributed by atoms with Gasteiger partial charge >= 0.3 is 0 Å². The molecule has 2 nitrogen and oxygen atoms in total. The summed E-state index contributed by atoms with van der Waals surface area (Å²) in [5.41, 5.74) is 7.71. The fourth-order valence-corrected chi connectivity index (χ4v) is 4.27. The van der Waals surface area contributed by atoms with Gasteiger partial charge in [-0.15, -0.1) is 6.58 Å². The van der Waals surface area contributed by atoms with Gasteiger partial charge in [0.15, 0.2) is 6.20 Å². The van der Waals surface area contributed by atoms with Crippen LogP contribution in [0, 0.1) is 12.7 Å². The van der Waals surface area contributed by atoms with Crippen LogP contribution in [0.1, 0.15) is 11.1 Å². The number of allylic oxidation sites excluding steroid dienone is 1. The molecule has 0 aliphatic rings. The van der Waals surface area contributed by atoms with Crippen molar-refractivity contribution >= 4 is 21.9 Å². The number of hydrogen-bond donors (Lipinski definition) is 0. The van der Waals surface area contributed by atoms with E-state index in [4.69, 9.17) is 4.42 Å². The van der Waals surface area contributed by atoms with Gasteiger partial charge in [-0.05, 0) is 53.8 Å². The number of hydrogen-bond acceptors (Lipinski definition) is 1. The van der Waals surface area contributed by atoms with Crippen LogP contribution in [0.2, 0.25) is 0 Å². The number of fused-ring (bicyclic) bond motifs is 3. The summed E-state index contributed by atoms with van der Waals surface area (Å²) in [6.45, 7) is 5.85. The average molecular weight is 408 g/mol. The van der Waals surface area contributed by atoms with Crippen LogP contribution in [0.15, 0.2) is 90.0 Å². The summed E-state index contributed by atoms with van der Waals surface area (Å²) in [5, 5.41) is 2.22. The van der Waals surface area contributed by atoms with E-state index >= 15 is 0 Å². The van der Waals surface area contributed by atoms with Crippen molar-refractivity contribution in [2.75, 3.05) is 0 Å². The van der Waals surface area contributed by atoms with Gasteiger partial charge in [0.2, 0.25) is 5.69 Å². The first-order valence-corrected chi connectivity index (χ1v) is 10.4. The first kappa shape index (κ1) is 19.3. The summed E-state index contributed by atoms with van der Waals surface area (Å²) in [5.74, 6) is -0.201. The van der Waals surface area contributed by atoms with E-state index < -0.39 is 0 Å². The SMILES string of the molecule is C=CCc1cc(-c2cc[n+](C)c(-c3c(C)ccc4c3oc3ccccc34)c2)ccc1F. The predicted octanol–water partition coefficient (Wildman–Crippen LogP) is 6.92. The van der Waals surface area contributed by atoms with Crippen LogP contribution in [0.3, 0.4) is 0 Å². The zero-order chi connectivity index (χ0) is 21.5. The average Bonchev–Trinajstić information content (AvgIpc) is 3.15. The molecule has 0 unspecified atom stereocenters. The number of halogens is 1. The summed E-state index contributed by atoms with van der Waals surface area (Å²) in [6.07, 6.45) is 4.27. The molecule has 3 heteroatoms. The van der Waals surface area contributed by atoms with Gasteiger partial charge in [0.25, 0.3) is 0 Å². The van der Waals surface area contributed by atoms with Crippen molar-refractivity contribution in [2.45, 2.75) is 13.3 Å². The minimum atomic E-state index is -0.201. The lowest BCUT2D eigenvalue weighted by atomic mass is 9.97. The maximum absolute atomic E-state index is 14.1. The molecule has 0 bridgehead atoms. The van der Waals surface area contributed by atoms with E-state index in [0.717, 1.165) is 49.9 Å². The second-order valence-electron chi connectivity index (χ2n) is 7.94. The number of aromatic nitrogens is 1. The Morgan fingerprint density at radius 2 is 1.77 bits per heavy atom. The molecule has 0 amide bonds. The van der Waals surface area contributed by atoms with Crippen LogP contribution >= 0.6 is 0 Å². The number of nitrogens with zero attached hydrogens (tertiary/aromatic N) is 1. The molecule has 0 N–H and O–H groups in total. The van der Waals surface area contributed by atoms with E-state index in [9.17, 15) is 4.39 Å². The summed E-state index contributed by atoms with van der Waals surface area (Å²) in [6, 6.07) is 21.9. The molecule has 31 heavy (non-hydrogen) atoms. The Balaban J connectivity index is 1.74. The zero-order valence-electron chi connectivity index (χ0n) is 17.7. The maximum Gasteiger partial charge on any atom is 0.216 e. The number of rotatable bonds is 4. The molecule has 3 aromatic carbocycles. The minimum absolute atomic E-state index is 0.201. The molecule has 0 aliphatic heterocycles. The van der Waals surface area contributed by atoms with Crippen molar-refractivity contribution in [3.8, 4) is 22.4 Å². The van der Waals surface area contributed by atoms with E-state index in [1.807, 2.05) is 43.6 Å². The van der Waals surface area contributed by atoms with Crippen LogP contribution < -0.4 is 4.57 Å². The smallest absolute Gasteiger partial charge is 0.216 e. The van der Waals surface area contributed by atoms with Crippen molar-refractivity contribution in [3.63, 3.8) is 0 Å². The van der Waals surface area contributed by atoms with Gasteiger partial charge < -0.3 is 4.42 Å². The van der Waals surface area contributed by atoms with E-state index in [1.54, 1.807) is 6.08 Å². The Hall–Kier alpha value is -3.72. The second-order valence-corrected chi connectivity index (χ2v) is 7.94. The highest BCUT2D eigenvalue weighted by Crippen LogP contribution is 2.37. The molecule has 0 saturated carbocycles. The second kappa shape index (κ2) is 7.51. The van der Waals surface area contributed by atoms with Crippen molar-refractivity contribution < 1.29 is 13.4 Å². The number of para-hydroxylation sites is 1. The molecule has 2 heterocycles. The van der Waals surface area contributed by atoms with E-state index in [0.29, 0.717) is 12.0 Å². The Bertz CT molecular complexity index is 1460. The maximum atomic E-state index is 14.1. The molecule has 0 radical (unpaired) electrons. The lowest BCUT2D eigenvalue weighted by Gasteiger charge is -2.09. The summed E-state index contributed by atoms with van der Waals surface area (Å²) < 4.78 is 22.6. The van der Waals surface area contributed by atoms with Crippen LogP contribution in [0.5, 0.6) is 0 Å². The van der Waals surface area contributed by atoms with E-state index in [1.165, 1.54) is 6.07 Å². The molecule has 0 atom stereocenters. The zero-order valence-corrected chi connectivity index (χ0v) is 17.7. The minimum Gasteiger partial charge on any atom is -0.455 e. The van der Waals surface area contributed by atoms with Crippen molar-refractivity contribution in [3.05, 3.63) is 103 Å². The molecule has 0 spiro atoms. The Morgan fingerprint density at radius 1 is 0.968 bits per heavy atom. The predicted molar refractivity (Wildman–Crippen MR) is 124 cm³/mol. The van der Waals surface area contributed by atoms with Crippen molar-refractivity contribution in [2.24, 2.45) is 7.05 Å². The van der Waals surface area contributed by atoms with E-state index in [2.05, 4.69) is 48.4 Å². The van der Waals surface area contributed by atoms with Gasteiger partial charge in [-0.1, -0.05) is 42.5 Å². The molecular formula is C28H23FNO+. The van der Waals surface area contributed by atoms with Gasteiger partial charge in [-0.25, -0.2) is 8.96 Å². The Kier molecular flexibility index (Phi) is 4.67. The fraction of sp³-hybridized carbons (Fsp3) is 0.107. The number of pyridine rings is 1. The van der Waals surface area contributed by atoms with Gasteiger partial charge in [0.05, 0.1) is 5.56 Å². The quantitative estimate of drug-likeness (QED) is 0.233. The first-order chi connectivity index (χ1) is 15.1. The molecule has 0 saturated heterocycles. The number of benzene rings is 3. The van der Waals surface area contributed by atoms with Crippen molar-refractivity contribution in [1.29, 1.82) is 0 Å². The highest BCUT2D eigenvalue weighted by atomic mass is 19.1. The largest absolute Gasteiger partial charge is 0.455 e. The summed E-state index contributed by atoms with van der Waals surface area (Å²) in [7, 11) is 2.04. The fourth-order valence-electron chi connectivity index (χ4n) is 4.27. The van der Waals surface area contributed by atoms with Crippen LogP contribution in [0.25, 0.3) is 44.3 Å². The van der Waals surface area contributed by atoms with Crippen molar-refractivity contribution in [1.82, 2.24) is 0 Å². The molecular weight excluding hydrogens is 385 g/mol. The first-order valence-electron chi connectivity index (χ1n) is 10.4. The highest BCUT2D eigenvalue weighted by Gasteiger charge is 2.21. The Labute approximate surface area is 180 Å². The molecule has 0 fully saturated rings. The van der Waals surface area contributed by atoms with Gasteiger partial charge in [0.1, 0.15) is 24.0 Å². The van der Waals surface area contributed by atoms with E-state index in [-0.39, 0.29) is 5.82 Å². The van der Waals surface area contributed by atoms with Gasteiger partial charge in [-0.2, -0.15) is 0 Å². The lowest BCUT2D eigenvalue weighted by Crippen LogP contribution is -2.30. The number of furan rings is 1.